The second kappa shape index (κ2) is 12.6. The fraction of sp³-hybridized carbons (Fsp3) is 0.611. The lowest BCUT2D eigenvalue weighted by Gasteiger charge is -2.21. The van der Waals surface area contributed by atoms with E-state index in [9.17, 15) is 0 Å². The molecule has 2 N–H and O–H groups in total. The largest absolute Gasteiger partial charge is 0.356 e. The van der Waals surface area contributed by atoms with Gasteiger partial charge in [0.2, 0.25) is 0 Å². The minimum absolute atomic E-state index is 0. The summed E-state index contributed by atoms with van der Waals surface area (Å²) < 4.78 is 0. The molecule has 0 aliphatic rings. The van der Waals surface area contributed by atoms with E-state index in [1.165, 1.54) is 12.0 Å². The minimum Gasteiger partial charge on any atom is -0.356 e. The number of nitrogens with zero attached hydrogens (tertiary/aromatic N) is 2. The van der Waals surface area contributed by atoms with Crippen molar-refractivity contribution in [3.8, 4) is 0 Å². The molecule has 0 amide bonds. The lowest BCUT2D eigenvalue weighted by atomic mass is 10.1. The molecule has 1 aromatic rings. The van der Waals surface area contributed by atoms with Crippen molar-refractivity contribution in [2.24, 2.45) is 4.99 Å². The summed E-state index contributed by atoms with van der Waals surface area (Å²) in [6.07, 6.45) is 2.35. The number of aliphatic imine (C=N–C) groups is 1. The lowest BCUT2D eigenvalue weighted by molar-refractivity contribution is 0.268. The molecule has 0 saturated heterocycles. The normalized spacial score (nSPS) is 12.9. The summed E-state index contributed by atoms with van der Waals surface area (Å²) in [4.78, 5) is 6.68. The van der Waals surface area contributed by atoms with Gasteiger partial charge in [0.15, 0.2) is 5.96 Å². The van der Waals surface area contributed by atoms with Gasteiger partial charge >= 0.3 is 0 Å². The zero-order chi connectivity index (χ0) is 16.4. The second-order valence-electron chi connectivity index (χ2n) is 6.06. The van der Waals surface area contributed by atoms with Crippen LogP contribution in [0.25, 0.3) is 0 Å². The third-order valence-corrected chi connectivity index (χ3v) is 3.99. The predicted molar refractivity (Wildman–Crippen MR) is 112 cm³/mol. The van der Waals surface area contributed by atoms with Gasteiger partial charge in [-0.2, -0.15) is 0 Å². The van der Waals surface area contributed by atoms with E-state index in [0.29, 0.717) is 6.04 Å². The molecule has 0 bridgehead atoms. The summed E-state index contributed by atoms with van der Waals surface area (Å²) in [5, 5.41) is 6.82. The summed E-state index contributed by atoms with van der Waals surface area (Å²) in [5.74, 6) is 0.869. The fourth-order valence-electron chi connectivity index (χ4n) is 2.18. The second-order valence-corrected chi connectivity index (χ2v) is 6.06. The number of hydrogen-bond acceptors (Lipinski definition) is 2. The van der Waals surface area contributed by atoms with Crippen LogP contribution in [0, 0.1) is 0 Å². The van der Waals surface area contributed by atoms with E-state index < -0.39 is 0 Å². The van der Waals surface area contributed by atoms with Crippen molar-refractivity contribution in [3.05, 3.63) is 35.9 Å². The van der Waals surface area contributed by atoms with Gasteiger partial charge in [-0.1, -0.05) is 30.3 Å². The summed E-state index contributed by atoms with van der Waals surface area (Å²) >= 11 is 0. The first kappa shape index (κ1) is 22.2. The average Bonchev–Trinajstić information content (AvgIpc) is 2.53. The molecule has 1 atom stereocenters. The molecule has 1 aromatic carbocycles. The molecule has 4 nitrogen and oxygen atoms in total. The maximum Gasteiger partial charge on any atom is 0.191 e. The predicted octanol–water partition coefficient (Wildman–Crippen LogP) is 3.65. The molecule has 0 radical (unpaired) electrons. The Morgan fingerprint density at radius 2 is 1.78 bits per heavy atom. The van der Waals surface area contributed by atoms with Crippen LogP contribution in [0.1, 0.15) is 45.2 Å². The third kappa shape index (κ3) is 9.15. The quantitative estimate of drug-likeness (QED) is 0.285. The molecular weight excluding hydrogens is 399 g/mol. The van der Waals surface area contributed by atoms with Crippen molar-refractivity contribution in [1.82, 2.24) is 15.5 Å². The average molecular weight is 432 g/mol. The standard InChI is InChI=1S/C18H32N4.HI/c1-15(2)22(5)14-10-9-13-20-18(19-4)21-16(3)17-11-7-6-8-12-17;/h6-8,11-12,15-16H,9-10,13-14H2,1-5H3,(H2,19,20,21);1H. The van der Waals surface area contributed by atoms with Gasteiger partial charge in [0, 0.05) is 19.6 Å². The van der Waals surface area contributed by atoms with Crippen LogP contribution < -0.4 is 10.6 Å². The van der Waals surface area contributed by atoms with Gasteiger partial charge in [-0.25, -0.2) is 0 Å². The fourth-order valence-corrected chi connectivity index (χ4v) is 2.18. The van der Waals surface area contributed by atoms with Crippen LogP contribution in [-0.2, 0) is 0 Å². The number of unbranched alkanes of at least 4 members (excludes halogenated alkanes) is 1. The molecule has 132 valence electrons. The molecule has 5 heteroatoms. The molecular formula is C18H33IN4. The molecule has 0 spiro atoms. The van der Waals surface area contributed by atoms with E-state index in [0.717, 1.165) is 25.5 Å². The molecule has 0 aromatic heterocycles. The smallest absolute Gasteiger partial charge is 0.191 e. The number of nitrogens with one attached hydrogen (secondary N) is 2. The zero-order valence-electron chi connectivity index (χ0n) is 15.2. The molecule has 0 aliphatic heterocycles. The molecule has 0 fully saturated rings. The minimum atomic E-state index is 0. The number of guanidine groups is 1. The molecule has 1 rings (SSSR count). The van der Waals surface area contributed by atoms with Crippen molar-refractivity contribution in [2.75, 3.05) is 27.2 Å². The highest BCUT2D eigenvalue weighted by Gasteiger charge is 2.07. The highest BCUT2D eigenvalue weighted by Crippen LogP contribution is 2.10. The highest BCUT2D eigenvalue weighted by atomic mass is 127. The Morgan fingerprint density at radius 3 is 2.35 bits per heavy atom. The van der Waals surface area contributed by atoms with Gasteiger partial charge in [-0.3, -0.25) is 4.99 Å². The van der Waals surface area contributed by atoms with Gasteiger partial charge in [0.1, 0.15) is 0 Å². The van der Waals surface area contributed by atoms with Gasteiger partial charge in [0.05, 0.1) is 6.04 Å². The van der Waals surface area contributed by atoms with Gasteiger partial charge in [0.25, 0.3) is 0 Å². The maximum absolute atomic E-state index is 4.30. The highest BCUT2D eigenvalue weighted by molar-refractivity contribution is 14.0. The Morgan fingerprint density at radius 1 is 1.13 bits per heavy atom. The number of hydrogen-bond donors (Lipinski definition) is 2. The van der Waals surface area contributed by atoms with Crippen molar-refractivity contribution < 1.29 is 0 Å². The van der Waals surface area contributed by atoms with Crippen molar-refractivity contribution >= 4 is 29.9 Å². The Hall–Kier alpha value is -0.820. The first-order valence-corrected chi connectivity index (χ1v) is 8.27. The summed E-state index contributed by atoms with van der Waals surface area (Å²) in [5.41, 5.74) is 1.27. The van der Waals surface area contributed by atoms with E-state index >= 15 is 0 Å². The third-order valence-electron chi connectivity index (χ3n) is 3.99. The SMILES string of the molecule is CN=C(NCCCCN(C)C(C)C)NC(C)c1ccccc1.I. The molecule has 0 saturated carbocycles. The topological polar surface area (TPSA) is 39.7 Å². The lowest BCUT2D eigenvalue weighted by Crippen LogP contribution is -2.39. The molecule has 0 aliphatic carbocycles. The van der Waals surface area contributed by atoms with Gasteiger partial charge in [-0.05, 0) is 52.8 Å². The van der Waals surface area contributed by atoms with Crippen molar-refractivity contribution in [1.29, 1.82) is 0 Å². The van der Waals surface area contributed by atoms with Crippen molar-refractivity contribution in [2.45, 2.75) is 45.7 Å². The van der Waals surface area contributed by atoms with Crippen LogP contribution in [0.2, 0.25) is 0 Å². The van der Waals surface area contributed by atoms with Crippen LogP contribution in [0.4, 0.5) is 0 Å². The first-order chi connectivity index (χ1) is 10.5. The molecule has 0 heterocycles. The maximum atomic E-state index is 4.30. The van der Waals surface area contributed by atoms with E-state index in [4.69, 9.17) is 0 Å². The Kier molecular flexibility index (Phi) is 12.1. The van der Waals surface area contributed by atoms with Gasteiger partial charge < -0.3 is 15.5 Å². The monoisotopic (exact) mass is 432 g/mol. The summed E-state index contributed by atoms with van der Waals surface area (Å²) in [6.45, 7) is 8.71. The van der Waals surface area contributed by atoms with E-state index in [1.54, 1.807) is 0 Å². The number of benzene rings is 1. The number of halogens is 1. The van der Waals surface area contributed by atoms with E-state index in [-0.39, 0.29) is 30.0 Å². The first-order valence-electron chi connectivity index (χ1n) is 8.27. The van der Waals surface area contributed by atoms with Crippen molar-refractivity contribution in [3.63, 3.8) is 0 Å². The van der Waals surface area contributed by atoms with Crippen LogP contribution in [0.15, 0.2) is 35.3 Å². The van der Waals surface area contributed by atoms with Crippen LogP contribution >= 0.6 is 24.0 Å². The molecule has 1 unspecified atom stereocenters. The van der Waals surface area contributed by atoms with Crippen LogP contribution in [-0.4, -0.2) is 44.1 Å². The summed E-state index contributed by atoms with van der Waals surface area (Å²) in [7, 11) is 4.00. The van der Waals surface area contributed by atoms with E-state index in [1.807, 2.05) is 13.1 Å². The Bertz CT molecular complexity index is 434. The molecule has 23 heavy (non-hydrogen) atoms. The van der Waals surface area contributed by atoms with Crippen LogP contribution in [0.5, 0.6) is 0 Å². The zero-order valence-corrected chi connectivity index (χ0v) is 17.5. The van der Waals surface area contributed by atoms with Crippen LogP contribution in [0.3, 0.4) is 0 Å². The number of rotatable bonds is 8. The van der Waals surface area contributed by atoms with E-state index in [2.05, 4.69) is 72.6 Å². The van der Waals surface area contributed by atoms with Gasteiger partial charge in [-0.15, -0.1) is 24.0 Å². The summed E-state index contributed by atoms with van der Waals surface area (Å²) in [6, 6.07) is 11.3. The Labute approximate surface area is 159 Å². The Balaban J connectivity index is 0.00000484.